The van der Waals surface area contributed by atoms with Crippen LogP contribution in [0.1, 0.15) is 11.1 Å². The minimum absolute atomic E-state index is 0.0666. The molecule has 0 saturated heterocycles. The highest BCUT2D eigenvalue weighted by Gasteiger charge is 2.46. The van der Waals surface area contributed by atoms with E-state index in [0.29, 0.717) is 12.0 Å². The largest absolute Gasteiger partial charge is 0.516 e. The Balaban J connectivity index is 1.75. The fraction of sp³-hybridized carbons (Fsp3) is 0.188. The number of carbonyl (C=O) groups is 1. The van der Waals surface area contributed by atoms with Crippen molar-refractivity contribution in [2.24, 2.45) is 0 Å². The Bertz CT molecular complexity index is 909. The number of hydrogen-bond acceptors (Lipinski definition) is 3. The van der Waals surface area contributed by atoms with Crippen LogP contribution in [0.4, 0.5) is 24.5 Å². The molecule has 0 aliphatic carbocycles. The van der Waals surface area contributed by atoms with Crippen LogP contribution in [0.3, 0.4) is 0 Å². The van der Waals surface area contributed by atoms with Gasteiger partial charge in [0, 0.05) is 11.4 Å². The van der Waals surface area contributed by atoms with Gasteiger partial charge in [0.2, 0.25) is 5.91 Å². The first-order valence-electron chi connectivity index (χ1n) is 7.24. The maximum Gasteiger partial charge on any atom is 0.516 e. The van der Waals surface area contributed by atoms with Crippen molar-refractivity contribution < 1.29 is 26.4 Å². The molecule has 1 aliphatic rings. The first-order valence-corrected chi connectivity index (χ1v) is 8.72. The van der Waals surface area contributed by atoms with E-state index >= 15 is 0 Å². The number of nitrogens with zero attached hydrogens (tertiary/aromatic N) is 1. The third kappa shape index (κ3) is 3.46. The van der Waals surface area contributed by atoms with Gasteiger partial charge >= 0.3 is 15.5 Å². The monoisotopic (exact) mass is 370 g/mol. The van der Waals surface area contributed by atoms with E-state index in [4.69, 9.17) is 0 Å². The zero-order valence-electron chi connectivity index (χ0n) is 12.7. The van der Waals surface area contributed by atoms with E-state index in [1.807, 2.05) is 24.3 Å². The van der Waals surface area contributed by atoms with Crippen molar-refractivity contribution in [2.75, 3.05) is 9.62 Å². The van der Waals surface area contributed by atoms with Crippen LogP contribution >= 0.6 is 0 Å². The number of sulfonamides is 1. The Morgan fingerprint density at radius 3 is 2.32 bits per heavy atom. The summed E-state index contributed by atoms with van der Waals surface area (Å²) in [5, 5.41) is 0. The molecule has 0 bridgehead atoms. The Kier molecular flexibility index (Phi) is 4.19. The average molecular weight is 370 g/mol. The first kappa shape index (κ1) is 17.3. The Labute approximate surface area is 142 Å². The zero-order chi connectivity index (χ0) is 18.2. The normalized spacial score (nSPS) is 14.5. The highest BCUT2D eigenvalue weighted by Crippen LogP contribution is 2.30. The van der Waals surface area contributed by atoms with E-state index in [-0.39, 0.29) is 18.1 Å². The fourth-order valence-corrected chi connectivity index (χ4v) is 3.13. The number of nitrogens with one attached hydrogen (secondary N) is 1. The SMILES string of the molecule is O=C1Cc2ccccc2N1Cc1ccc(NS(=O)(=O)C(F)(F)F)cc1. The lowest BCUT2D eigenvalue weighted by Gasteiger charge is -2.18. The molecule has 9 heteroatoms. The van der Waals surface area contributed by atoms with Crippen LogP contribution in [-0.2, 0) is 27.8 Å². The molecule has 2 aromatic rings. The van der Waals surface area contributed by atoms with Crippen molar-refractivity contribution in [3.63, 3.8) is 0 Å². The Morgan fingerprint density at radius 1 is 1.04 bits per heavy atom. The van der Waals surface area contributed by atoms with Crippen LogP contribution in [0.5, 0.6) is 0 Å². The fourth-order valence-electron chi connectivity index (χ4n) is 2.56. The number of amides is 1. The predicted molar refractivity (Wildman–Crippen MR) is 86.4 cm³/mol. The summed E-state index contributed by atoms with van der Waals surface area (Å²) in [6, 6.07) is 12.8. The van der Waals surface area contributed by atoms with Gasteiger partial charge < -0.3 is 4.90 Å². The zero-order valence-corrected chi connectivity index (χ0v) is 13.6. The van der Waals surface area contributed by atoms with Gasteiger partial charge in [-0.05, 0) is 29.3 Å². The van der Waals surface area contributed by atoms with Gasteiger partial charge in [-0.2, -0.15) is 21.6 Å². The number of benzene rings is 2. The summed E-state index contributed by atoms with van der Waals surface area (Å²) in [7, 11) is -5.45. The third-order valence-corrected chi connectivity index (χ3v) is 4.89. The topological polar surface area (TPSA) is 66.5 Å². The number of halogens is 3. The molecule has 132 valence electrons. The summed E-state index contributed by atoms with van der Waals surface area (Å²) in [5.41, 5.74) is -3.19. The summed E-state index contributed by atoms with van der Waals surface area (Å²) in [6.07, 6.45) is 0.305. The van der Waals surface area contributed by atoms with Gasteiger partial charge in [0.05, 0.1) is 13.0 Å². The number of rotatable bonds is 4. The molecule has 0 unspecified atom stereocenters. The lowest BCUT2D eigenvalue weighted by Crippen LogP contribution is -2.30. The second kappa shape index (κ2) is 6.07. The highest BCUT2D eigenvalue weighted by atomic mass is 32.2. The van der Waals surface area contributed by atoms with Gasteiger partial charge in [0.25, 0.3) is 0 Å². The number of alkyl halides is 3. The molecule has 1 aliphatic heterocycles. The van der Waals surface area contributed by atoms with Crippen LogP contribution in [0.2, 0.25) is 0 Å². The van der Waals surface area contributed by atoms with Gasteiger partial charge in [-0.1, -0.05) is 30.3 Å². The summed E-state index contributed by atoms with van der Waals surface area (Å²) in [5.74, 6) is -0.0666. The molecule has 0 fully saturated rings. The molecule has 0 radical (unpaired) electrons. The standard InChI is InChI=1S/C16H13F3N2O3S/c17-16(18,19)25(23,24)20-13-7-5-11(6-8-13)10-21-14-4-2-1-3-12(14)9-15(21)22/h1-8,20H,9-10H2. The summed E-state index contributed by atoms with van der Waals surface area (Å²) >= 11 is 0. The molecule has 1 N–H and O–H groups in total. The average Bonchev–Trinajstić information content (AvgIpc) is 2.84. The van der Waals surface area contributed by atoms with Gasteiger partial charge in [-0.15, -0.1) is 0 Å². The molecule has 0 atom stereocenters. The molecular formula is C16H13F3N2O3S. The second-order valence-electron chi connectivity index (χ2n) is 5.53. The van der Waals surface area contributed by atoms with Crippen LogP contribution in [-0.4, -0.2) is 19.8 Å². The quantitative estimate of drug-likeness (QED) is 0.900. The lowest BCUT2D eigenvalue weighted by atomic mass is 10.1. The predicted octanol–water partition coefficient (Wildman–Crippen LogP) is 3.04. The molecule has 25 heavy (non-hydrogen) atoms. The van der Waals surface area contributed by atoms with E-state index in [1.54, 1.807) is 4.90 Å². The summed E-state index contributed by atoms with van der Waals surface area (Å²) < 4.78 is 60.7. The lowest BCUT2D eigenvalue weighted by molar-refractivity contribution is -0.117. The van der Waals surface area contributed by atoms with Crippen molar-refractivity contribution in [3.05, 3.63) is 59.7 Å². The molecule has 5 nitrogen and oxygen atoms in total. The van der Waals surface area contributed by atoms with E-state index in [1.165, 1.54) is 29.0 Å². The van der Waals surface area contributed by atoms with Gasteiger partial charge in [-0.25, -0.2) is 0 Å². The number of hydrogen-bond donors (Lipinski definition) is 1. The molecule has 2 aromatic carbocycles. The summed E-state index contributed by atoms with van der Waals surface area (Å²) in [6.45, 7) is 0.252. The van der Waals surface area contributed by atoms with Crippen LogP contribution in [0, 0.1) is 0 Å². The Hall–Kier alpha value is -2.55. The first-order chi connectivity index (χ1) is 11.7. The molecular weight excluding hydrogens is 357 g/mol. The van der Waals surface area contributed by atoms with Crippen LogP contribution < -0.4 is 9.62 Å². The number of para-hydroxylation sites is 1. The van der Waals surface area contributed by atoms with E-state index in [0.717, 1.165) is 11.3 Å². The summed E-state index contributed by atoms with van der Waals surface area (Å²) in [4.78, 5) is 13.7. The van der Waals surface area contributed by atoms with E-state index < -0.39 is 15.5 Å². The molecule has 1 heterocycles. The molecule has 3 rings (SSSR count). The molecule has 0 spiro atoms. The second-order valence-corrected chi connectivity index (χ2v) is 7.21. The molecule has 0 saturated carbocycles. The maximum absolute atomic E-state index is 12.4. The van der Waals surface area contributed by atoms with Crippen LogP contribution in [0.25, 0.3) is 0 Å². The van der Waals surface area contributed by atoms with Crippen molar-refractivity contribution in [3.8, 4) is 0 Å². The smallest absolute Gasteiger partial charge is 0.307 e. The van der Waals surface area contributed by atoms with Gasteiger partial charge in [-0.3, -0.25) is 9.52 Å². The van der Waals surface area contributed by atoms with Crippen molar-refractivity contribution in [2.45, 2.75) is 18.5 Å². The van der Waals surface area contributed by atoms with E-state index in [2.05, 4.69) is 0 Å². The maximum atomic E-state index is 12.4. The van der Waals surface area contributed by atoms with Gasteiger partial charge in [0.1, 0.15) is 0 Å². The highest BCUT2D eigenvalue weighted by molar-refractivity contribution is 7.93. The number of fused-ring (bicyclic) bond motifs is 1. The molecule has 0 aromatic heterocycles. The minimum Gasteiger partial charge on any atom is -0.307 e. The number of anilines is 2. The van der Waals surface area contributed by atoms with Crippen molar-refractivity contribution in [1.82, 2.24) is 0 Å². The van der Waals surface area contributed by atoms with Crippen molar-refractivity contribution >= 4 is 27.3 Å². The van der Waals surface area contributed by atoms with Gasteiger partial charge in [0.15, 0.2) is 0 Å². The minimum atomic E-state index is -5.45. The van der Waals surface area contributed by atoms with E-state index in [9.17, 15) is 26.4 Å². The van der Waals surface area contributed by atoms with Crippen molar-refractivity contribution in [1.29, 1.82) is 0 Å². The third-order valence-electron chi connectivity index (χ3n) is 3.78. The van der Waals surface area contributed by atoms with Crippen LogP contribution in [0.15, 0.2) is 48.5 Å². The molecule has 1 amide bonds. The number of carbonyl (C=O) groups excluding carboxylic acids is 1. The Morgan fingerprint density at radius 2 is 1.68 bits per heavy atom.